The molecule has 4 heteroatoms. The van der Waals surface area contributed by atoms with Crippen molar-refractivity contribution in [2.75, 3.05) is 0 Å². The first-order valence-electron chi connectivity index (χ1n) is 5.74. The van der Waals surface area contributed by atoms with Gasteiger partial charge in [-0.3, -0.25) is 9.78 Å². The summed E-state index contributed by atoms with van der Waals surface area (Å²) in [6, 6.07) is 5.22. The van der Waals surface area contributed by atoms with E-state index in [0.717, 1.165) is 5.39 Å². The van der Waals surface area contributed by atoms with E-state index >= 15 is 0 Å². The van der Waals surface area contributed by atoms with Gasteiger partial charge in [0.05, 0.1) is 10.5 Å². The van der Waals surface area contributed by atoms with Crippen molar-refractivity contribution in [1.82, 2.24) is 4.98 Å². The summed E-state index contributed by atoms with van der Waals surface area (Å²) in [6.07, 6.45) is 6.41. The fourth-order valence-electron chi connectivity index (χ4n) is 1.61. The van der Waals surface area contributed by atoms with Gasteiger partial charge >= 0.3 is 0 Å². The number of ether oxygens (including phenoxy) is 1. The minimum Gasteiger partial charge on any atom is -0.483 e. The normalized spacial score (nSPS) is 11.9. The molecule has 2 rings (SSSR count). The minimum atomic E-state index is -0.516. The number of carbonyl (C=O) groups is 1. The molecule has 0 N–H and O–H groups in total. The Hall–Kier alpha value is -2.05. The molecule has 3 nitrogen and oxygen atoms in total. The van der Waals surface area contributed by atoms with Gasteiger partial charge in [-0.15, -0.1) is 6.42 Å². The summed E-state index contributed by atoms with van der Waals surface area (Å²) in [5.41, 5.74) is 1.32. The monoisotopic (exact) mass is 273 g/mol. The summed E-state index contributed by atoms with van der Waals surface area (Å²) >= 11 is 6.14. The van der Waals surface area contributed by atoms with Crippen LogP contribution in [0.25, 0.3) is 10.9 Å². The summed E-state index contributed by atoms with van der Waals surface area (Å²) in [5.74, 6) is 2.99. The molecule has 1 heterocycles. The van der Waals surface area contributed by atoms with Gasteiger partial charge in [0.15, 0.2) is 11.9 Å². The molecule has 0 amide bonds. The van der Waals surface area contributed by atoms with E-state index in [1.165, 1.54) is 6.92 Å². The van der Waals surface area contributed by atoms with Crippen LogP contribution in [0.4, 0.5) is 0 Å². The summed E-state index contributed by atoms with van der Waals surface area (Å²) < 4.78 is 5.52. The van der Waals surface area contributed by atoms with Crippen LogP contribution >= 0.6 is 11.6 Å². The molecular weight excluding hydrogens is 262 g/mol. The molecule has 0 bridgehead atoms. The molecule has 0 aliphatic carbocycles. The summed E-state index contributed by atoms with van der Waals surface area (Å²) in [7, 11) is 0. The zero-order valence-corrected chi connectivity index (χ0v) is 11.4. The van der Waals surface area contributed by atoms with Crippen LogP contribution in [0.2, 0.25) is 5.02 Å². The van der Waals surface area contributed by atoms with Crippen LogP contribution < -0.4 is 4.74 Å². The van der Waals surface area contributed by atoms with Crippen LogP contribution in [0.3, 0.4) is 0 Å². The van der Waals surface area contributed by atoms with E-state index in [0.29, 0.717) is 21.9 Å². The van der Waals surface area contributed by atoms with Crippen molar-refractivity contribution >= 4 is 28.3 Å². The second-order valence-electron chi connectivity index (χ2n) is 4.22. The molecule has 0 aliphatic rings. The number of pyridine rings is 1. The van der Waals surface area contributed by atoms with Crippen molar-refractivity contribution in [1.29, 1.82) is 0 Å². The SMILES string of the molecule is C#Cc1cnc2c(Cl)cc(OC(C)C(C)=O)cc2c1. The Morgan fingerprint density at radius 3 is 2.84 bits per heavy atom. The number of aromatic nitrogens is 1. The third-order valence-corrected chi connectivity index (χ3v) is 3.05. The molecule has 0 saturated carbocycles. The van der Waals surface area contributed by atoms with E-state index in [1.807, 2.05) is 0 Å². The van der Waals surface area contributed by atoms with E-state index < -0.39 is 6.10 Å². The second kappa shape index (κ2) is 5.29. The number of benzene rings is 1. The zero-order chi connectivity index (χ0) is 14.0. The highest BCUT2D eigenvalue weighted by Gasteiger charge is 2.11. The maximum absolute atomic E-state index is 11.2. The van der Waals surface area contributed by atoms with Crippen molar-refractivity contribution in [3.05, 3.63) is 35.0 Å². The number of fused-ring (bicyclic) bond motifs is 1. The van der Waals surface area contributed by atoms with Gasteiger partial charge in [-0.1, -0.05) is 17.5 Å². The van der Waals surface area contributed by atoms with E-state index in [-0.39, 0.29) is 5.78 Å². The highest BCUT2D eigenvalue weighted by Crippen LogP contribution is 2.28. The number of hydrogen-bond acceptors (Lipinski definition) is 3. The minimum absolute atomic E-state index is 0.0493. The van der Waals surface area contributed by atoms with E-state index in [2.05, 4.69) is 10.9 Å². The van der Waals surface area contributed by atoms with E-state index in [4.69, 9.17) is 22.8 Å². The van der Waals surface area contributed by atoms with Crippen molar-refractivity contribution in [3.63, 3.8) is 0 Å². The highest BCUT2D eigenvalue weighted by molar-refractivity contribution is 6.35. The molecular formula is C15H12ClNO2. The lowest BCUT2D eigenvalue weighted by molar-refractivity contribution is -0.122. The largest absolute Gasteiger partial charge is 0.483 e. The van der Waals surface area contributed by atoms with Crippen molar-refractivity contribution < 1.29 is 9.53 Å². The molecule has 0 fully saturated rings. The third kappa shape index (κ3) is 2.86. The van der Waals surface area contributed by atoms with Gasteiger partial charge in [-0.2, -0.15) is 0 Å². The number of hydrogen-bond donors (Lipinski definition) is 0. The first-order valence-corrected chi connectivity index (χ1v) is 6.12. The number of rotatable bonds is 3. The van der Waals surface area contributed by atoms with Gasteiger partial charge in [-0.05, 0) is 26.0 Å². The van der Waals surface area contributed by atoms with Gasteiger partial charge < -0.3 is 4.74 Å². The summed E-state index contributed by atoms with van der Waals surface area (Å²) in [6.45, 7) is 3.17. The van der Waals surface area contributed by atoms with Gasteiger partial charge in [-0.25, -0.2) is 0 Å². The van der Waals surface area contributed by atoms with Crippen LogP contribution in [0, 0.1) is 12.3 Å². The van der Waals surface area contributed by atoms with Crippen molar-refractivity contribution in [2.45, 2.75) is 20.0 Å². The quantitative estimate of drug-likeness (QED) is 0.806. The number of halogens is 1. The van der Waals surface area contributed by atoms with Crippen LogP contribution in [0.1, 0.15) is 19.4 Å². The Bertz CT molecular complexity index is 688. The van der Waals surface area contributed by atoms with E-state index in [1.54, 1.807) is 31.3 Å². The molecule has 1 aromatic carbocycles. The fraction of sp³-hybridized carbons (Fsp3) is 0.200. The predicted molar refractivity (Wildman–Crippen MR) is 75.5 cm³/mol. The number of nitrogens with zero attached hydrogens (tertiary/aromatic N) is 1. The van der Waals surface area contributed by atoms with Crippen LogP contribution in [0.15, 0.2) is 24.4 Å². The average molecular weight is 274 g/mol. The van der Waals surface area contributed by atoms with Gasteiger partial charge in [0.25, 0.3) is 0 Å². The standard InChI is InChI=1S/C15H12ClNO2/c1-4-11-5-12-6-13(19-10(3)9(2)18)7-14(16)15(12)17-8-11/h1,5-8,10H,2-3H3. The first-order chi connectivity index (χ1) is 9.01. The lowest BCUT2D eigenvalue weighted by Crippen LogP contribution is -2.20. The van der Waals surface area contributed by atoms with E-state index in [9.17, 15) is 4.79 Å². The van der Waals surface area contributed by atoms with Gasteiger partial charge in [0.1, 0.15) is 5.75 Å². The Kier molecular flexibility index (Phi) is 3.73. The molecule has 1 atom stereocenters. The smallest absolute Gasteiger partial charge is 0.169 e. The lowest BCUT2D eigenvalue weighted by atomic mass is 10.1. The number of carbonyl (C=O) groups excluding carboxylic acids is 1. The number of terminal acetylenes is 1. The molecule has 0 aliphatic heterocycles. The van der Waals surface area contributed by atoms with Crippen molar-refractivity contribution in [3.8, 4) is 18.1 Å². The molecule has 1 unspecified atom stereocenters. The van der Waals surface area contributed by atoms with Crippen LogP contribution in [-0.2, 0) is 4.79 Å². The lowest BCUT2D eigenvalue weighted by Gasteiger charge is -2.12. The highest BCUT2D eigenvalue weighted by atomic mass is 35.5. The molecule has 2 aromatic rings. The second-order valence-corrected chi connectivity index (χ2v) is 4.62. The first kappa shape index (κ1) is 13.4. The molecule has 1 aromatic heterocycles. The topological polar surface area (TPSA) is 39.2 Å². The Labute approximate surface area is 116 Å². The van der Waals surface area contributed by atoms with Crippen molar-refractivity contribution in [2.24, 2.45) is 0 Å². The van der Waals surface area contributed by atoms with Crippen LogP contribution in [0.5, 0.6) is 5.75 Å². The Morgan fingerprint density at radius 1 is 1.47 bits per heavy atom. The molecule has 0 saturated heterocycles. The maximum atomic E-state index is 11.2. The summed E-state index contributed by atoms with van der Waals surface area (Å²) in [5, 5.41) is 1.25. The Morgan fingerprint density at radius 2 is 2.21 bits per heavy atom. The zero-order valence-electron chi connectivity index (χ0n) is 10.6. The number of Topliss-reactive ketones (excluding diaryl/α,β-unsaturated/α-hetero) is 1. The van der Waals surface area contributed by atoms with Crippen LogP contribution in [-0.4, -0.2) is 16.9 Å². The number of ketones is 1. The Balaban J connectivity index is 2.48. The average Bonchev–Trinajstić information content (AvgIpc) is 2.37. The molecule has 96 valence electrons. The third-order valence-electron chi connectivity index (χ3n) is 2.76. The predicted octanol–water partition coefficient (Wildman–Crippen LogP) is 3.23. The van der Waals surface area contributed by atoms with Gasteiger partial charge in [0.2, 0.25) is 0 Å². The fourth-order valence-corrected chi connectivity index (χ4v) is 1.88. The molecule has 19 heavy (non-hydrogen) atoms. The van der Waals surface area contributed by atoms with Gasteiger partial charge in [0, 0.05) is 23.2 Å². The molecule has 0 spiro atoms. The molecule has 0 radical (unpaired) electrons. The summed E-state index contributed by atoms with van der Waals surface area (Å²) in [4.78, 5) is 15.4. The maximum Gasteiger partial charge on any atom is 0.169 e.